The lowest BCUT2D eigenvalue weighted by Crippen LogP contribution is -2.62. The number of cyclic esters (lactones) is 1. The molecule has 0 spiro atoms. The molecule has 346 valence electrons. The van der Waals surface area contributed by atoms with Crippen molar-refractivity contribution < 1.29 is 124 Å². The van der Waals surface area contributed by atoms with E-state index in [2.05, 4.69) is 0 Å². The zero-order valence-corrected chi connectivity index (χ0v) is 32.6. The van der Waals surface area contributed by atoms with Crippen molar-refractivity contribution in [2.24, 2.45) is 0 Å². The highest BCUT2D eigenvalue weighted by atomic mass is 16.7. The fourth-order valence-corrected chi connectivity index (χ4v) is 7.77. The Labute approximate surface area is 366 Å². The number of benzene rings is 5. The largest absolute Gasteiger partial charge is 0.504 e. The highest BCUT2D eigenvalue weighted by molar-refractivity contribution is 6.19. The number of phenolic OH excluding ortho intramolecular Hbond substituents is 13. The molecule has 5 atom stereocenters. The van der Waals surface area contributed by atoms with Crippen LogP contribution in [0.5, 0.6) is 86.2 Å². The number of fused-ring (bicyclic) bond motifs is 8. The number of esters is 4. The highest BCUT2D eigenvalue weighted by Gasteiger charge is 2.54. The molecular formula is C41H26O26. The van der Waals surface area contributed by atoms with E-state index in [1.807, 2.05) is 0 Å². The second kappa shape index (κ2) is 14.8. The van der Waals surface area contributed by atoms with E-state index in [-0.39, 0.29) is 0 Å². The lowest BCUT2D eigenvalue weighted by molar-refractivity contribution is -0.284. The Balaban J connectivity index is 1.30. The van der Waals surface area contributed by atoms with Crippen molar-refractivity contribution in [3.05, 3.63) is 63.0 Å². The van der Waals surface area contributed by atoms with E-state index in [1.165, 1.54) is 0 Å². The van der Waals surface area contributed by atoms with Crippen LogP contribution in [0, 0.1) is 0 Å². The number of aliphatic hydroxyl groups is 1. The maximum atomic E-state index is 14.6. The van der Waals surface area contributed by atoms with Gasteiger partial charge in [-0.05, 0) is 24.3 Å². The summed E-state index contributed by atoms with van der Waals surface area (Å²) >= 11 is 0. The van der Waals surface area contributed by atoms with E-state index in [0.29, 0.717) is 30.3 Å². The Hall–Kier alpha value is -9.43. The predicted octanol–water partition coefficient (Wildman–Crippen LogP) is 1.76. The molecule has 26 heteroatoms. The molecule has 1 aromatic heterocycles. The third-order valence-corrected chi connectivity index (χ3v) is 10.9. The first-order valence-electron chi connectivity index (χ1n) is 18.7. The Bertz CT molecular complexity index is 3320. The van der Waals surface area contributed by atoms with Crippen molar-refractivity contribution in [2.75, 3.05) is 6.61 Å². The first-order valence-corrected chi connectivity index (χ1v) is 18.7. The molecule has 67 heavy (non-hydrogen) atoms. The summed E-state index contributed by atoms with van der Waals surface area (Å²) in [6.45, 7) is -1.26. The number of ether oxygens (including phenoxy) is 6. The first kappa shape index (κ1) is 42.9. The van der Waals surface area contributed by atoms with Gasteiger partial charge in [0.1, 0.15) is 18.3 Å². The molecule has 4 heterocycles. The number of carbonyl (C=O) groups is 4. The number of aliphatic hydroxyl groups excluding tert-OH is 1. The minimum atomic E-state index is -2.54. The quantitative estimate of drug-likeness (QED) is 0.0339. The molecule has 6 aromatic rings. The van der Waals surface area contributed by atoms with Gasteiger partial charge in [0, 0.05) is 28.0 Å². The number of rotatable bonds is 0. The smallest absolute Gasteiger partial charge is 0.344 e. The lowest BCUT2D eigenvalue weighted by atomic mass is 9.91. The van der Waals surface area contributed by atoms with E-state index in [1.54, 1.807) is 0 Å². The zero-order valence-electron chi connectivity index (χ0n) is 32.6. The van der Waals surface area contributed by atoms with Gasteiger partial charge in [0.25, 0.3) is 0 Å². The first-order chi connectivity index (χ1) is 31.6. The van der Waals surface area contributed by atoms with Crippen molar-refractivity contribution in [2.45, 2.75) is 30.7 Å². The Kier molecular flexibility index (Phi) is 9.48. The molecule has 9 rings (SSSR count). The summed E-state index contributed by atoms with van der Waals surface area (Å²) in [7, 11) is 0. The molecule has 0 radical (unpaired) electrons. The van der Waals surface area contributed by atoms with Crippen molar-refractivity contribution in [3.8, 4) is 97.4 Å². The zero-order chi connectivity index (χ0) is 48.4. The van der Waals surface area contributed by atoms with Gasteiger partial charge in [-0.1, -0.05) is 0 Å². The van der Waals surface area contributed by atoms with Crippen LogP contribution in [-0.2, 0) is 23.7 Å². The van der Waals surface area contributed by atoms with Crippen molar-refractivity contribution in [1.82, 2.24) is 0 Å². The third-order valence-electron chi connectivity index (χ3n) is 10.9. The van der Waals surface area contributed by atoms with Gasteiger partial charge in [0.15, 0.2) is 81.9 Å². The van der Waals surface area contributed by atoms with Gasteiger partial charge < -0.3 is 104 Å². The van der Waals surface area contributed by atoms with Crippen LogP contribution in [-0.4, -0.2) is 133 Å². The predicted molar refractivity (Wildman–Crippen MR) is 209 cm³/mol. The summed E-state index contributed by atoms with van der Waals surface area (Å²) in [4.78, 5) is 70.0. The fraction of sp³-hybridized carbons (Fsp3) is 0.146. The second-order valence-electron chi connectivity index (χ2n) is 14.8. The van der Waals surface area contributed by atoms with Crippen LogP contribution in [0.1, 0.15) is 41.4 Å². The van der Waals surface area contributed by atoms with Gasteiger partial charge in [0.2, 0.25) is 34.5 Å². The molecule has 2 bridgehead atoms. The van der Waals surface area contributed by atoms with Crippen molar-refractivity contribution in [3.63, 3.8) is 0 Å². The van der Waals surface area contributed by atoms with Gasteiger partial charge in [-0.25, -0.2) is 24.0 Å². The van der Waals surface area contributed by atoms with Crippen LogP contribution in [0.2, 0.25) is 0 Å². The van der Waals surface area contributed by atoms with E-state index in [4.69, 9.17) is 32.8 Å². The van der Waals surface area contributed by atoms with Crippen molar-refractivity contribution >= 4 is 45.6 Å². The molecule has 26 nitrogen and oxygen atoms in total. The van der Waals surface area contributed by atoms with Crippen molar-refractivity contribution in [1.29, 1.82) is 0 Å². The number of aromatic hydroxyl groups is 13. The molecule has 1 saturated heterocycles. The minimum Gasteiger partial charge on any atom is -0.504 e. The van der Waals surface area contributed by atoms with Crippen LogP contribution < -0.4 is 10.4 Å². The Morgan fingerprint density at radius 2 is 0.940 bits per heavy atom. The van der Waals surface area contributed by atoms with E-state index >= 15 is 0 Å². The highest BCUT2D eigenvalue weighted by Crippen LogP contribution is 2.55. The van der Waals surface area contributed by atoms with Crippen LogP contribution in [0.25, 0.3) is 32.9 Å². The summed E-state index contributed by atoms with van der Waals surface area (Å²) in [6, 6.07) is 2.43. The molecule has 5 unspecified atom stereocenters. The molecule has 3 aliphatic rings. The van der Waals surface area contributed by atoms with E-state index < -0.39 is 208 Å². The average Bonchev–Trinajstić information content (AvgIpc) is 3.28. The minimum absolute atomic E-state index is 0.435. The van der Waals surface area contributed by atoms with Gasteiger partial charge in [-0.2, -0.15) is 0 Å². The number of hydrogen-bond donors (Lipinski definition) is 14. The van der Waals surface area contributed by atoms with Gasteiger partial charge in [0.05, 0.1) is 22.1 Å². The lowest BCUT2D eigenvalue weighted by Gasteiger charge is -2.43. The van der Waals surface area contributed by atoms with E-state index in [0.717, 1.165) is 0 Å². The molecule has 0 saturated carbocycles. The molecule has 1 fully saturated rings. The van der Waals surface area contributed by atoms with Crippen LogP contribution >= 0.6 is 0 Å². The topological polar surface area (TPSA) is 437 Å². The SMILES string of the molecule is O=C1OCC2OC(O)C3OC(=O)c4cc(O)c(O)c(O)c4-c4c(cc(O)c(O)c4O)C(=O)OC3C2OC(=O)c2cc(O)c(O)c3oc(=O)c4cc(O)c(c(O)c4c23)Oc2c1cc(O)c(O)c2O. The summed E-state index contributed by atoms with van der Waals surface area (Å²) in [5, 5.41) is 149. The fourth-order valence-electron chi connectivity index (χ4n) is 7.77. The molecule has 14 N–H and O–H groups in total. The molecule has 5 aromatic carbocycles. The summed E-state index contributed by atoms with van der Waals surface area (Å²) in [5.41, 5.74) is -8.65. The Morgan fingerprint density at radius 1 is 0.448 bits per heavy atom. The summed E-state index contributed by atoms with van der Waals surface area (Å²) < 4.78 is 38.4. The Morgan fingerprint density at radius 3 is 1.54 bits per heavy atom. The van der Waals surface area contributed by atoms with Gasteiger partial charge in [-0.3, -0.25) is 0 Å². The maximum Gasteiger partial charge on any atom is 0.344 e. The number of carbonyl (C=O) groups excluding carboxylic acids is 4. The normalized spacial score (nSPS) is 20.4. The van der Waals surface area contributed by atoms with E-state index in [9.17, 15) is 95.5 Å². The molecular weight excluding hydrogens is 908 g/mol. The maximum absolute atomic E-state index is 14.6. The molecule has 0 aliphatic carbocycles. The van der Waals surface area contributed by atoms with Crippen LogP contribution in [0.3, 0.4) is 0 Å². The summed E-state index contributed by atoms with van der Waals surface area (Å²) in [6.07, 6.45) is -11.9. The van der Waals surface area contributed by atoms with Gasteiger partial charge >= 0.3 is 29.5 Å². The third kappa shape index (κ3) is 6.30. The molecule has 3 aliphatic heterocycles. The van der Waals surface area contributed by atoms with Gasteiger partial charge in [-0.15, -0.1) is 0 Å². The second-order valence-corrected chi connectivity index (χ2v) is 14.8. The summed E-state index contributed by atoms with van der Waals surface area (Å²) in [5.74, 6) is -26.0. The average molecular weight is 935 g/mol. The number of hydrogen-bond acceptors (Lipinski definition) is 26. The number of phenols is 13. The van der Waals surface area contributed by atoms with Crippen LogP contribution in [0.4, 0.5) is 0 Å². The molecule has 0 amide bonds. The standard InChI is InChI=1S/C41H26O26/c42-12-1-7-18(26(51)22(12)47)19-8(2-13(43)23(48)27(19)52)39(58)67-35-34(66-38(7)57)32-17(62-41(35)60)6-61-36(55)11-5-14(44)24(49)29(54)30(11)63-31-16(46)4-9-20(28(31)53)21-10(40(59)64-32)3-15(45)25(50)33(21)65-37(9)56/h1-5,17,32,34-35,41-54,60H,6H2. The van der Waals surface area contributed by atoms with Crippen LogP contribution in [0.15, 0.2) is 39.5 Å². The monoisotopic (exact) mass is 934 g/mol.